The van der Waals surface area contributed by atoms with Crippen molar-refractivity contribution < 1.29 is 23.5 Å². The summed E-state index contributed by atoms with van der Waals surface area (Å²) in [6.45, 7) is 2.65. The van der Waals surface area contributed by atoms with Gasteiger partial charge in [-0.1, -0.05) is 70.4 Å². The zero-order valence-corrected chi connectivity index (χ0v) is 18.7. The third kappa shape index (κ3) is 14.4. The van der Waals surface area contributed by atoms with E-state index in [1.807, 2.05) is 0 Å². The minimum Gasteiger partial charge on any atom is -0.465 e. The summed E-state index contributed by atoms with van der Waals surface area (Å²) >= 11 is 0. The van der Waals surface area contributed by atoms with Gasteiger partial charge in [-0.2, -0.15) is 0 Å². The lowest BCUT2D eigenvalue weighted by molar-refractivity contribution is -0.145. The molecule has 6 heteroatoms. The number of ether oxygens (including phenoxy) is 1. The van der Waals surface area contributed by atoms with E-state index >= 15 is 0 Å². The lowest BCUT2D eigenvalue weighted by atomic mass is 10.1. The number of rotatable bonds is 17. The number of carbonyl (C=O) groups excluding carboxylic acids is 1. The molecule has 0 aromatic carbocycles. The standard InChI is InChI=1S/C22H41O5P/c1-2-3-4-5-6-7-8-9-10-11-12-13-14-15-16-17-22(23)26-18-21-19-27-28(24,25)20-21/h9-10,21H,2-8,11-20H2,1H3,(H,24,25)/b10-9+. The first kappa shape index (κ1) is 25.4. The maximum absolute atomic E-state index is 11.7. The lowest BCUT2D eigenvalue weighted by Crippen LogP contribution is -2.16. The number of hydrogen-bond acceptors (Lipinski definition) is 4. The average Bonchev–Trinajstić information content (AvgIpc) is 3.02. The van der Waals surface area contributed by atoms with Gasteiger partial charge in [0.15, 0.2) is 0 Å². The Labute approximate surface area is 171 Å². The van der Waals surface area contributed by atoms with Crippen LogP contribution in [0, 0.1) is 5.92 Å². The minimum atomic E-state index is -3.41. The van der Waals surface area contributed by atoms with Gasteiger partial charge >= 0.3 is 13.6 Å². The van der Waals surface area contributed by atoms with E-state index in [2.05, 4.69) is 19.1 Å². The van der Waals surface area contributed by atoms with Crippen molar-refractivity contribution in [3.63, 3.8) is 0 Å². The summed E-state index contributed by atoms with van der Waals surface area (Å²) in [4.78, 5) is 21.0. The fourth-order valence-electron chi connectivity index (χ4n) is 3.38. The first-order valence-electron chi connectivity index (χ1n) is 11.3. The van der Waals surface area contributed by atoms with Gasteiger partial charge < -0.3 is 14.2 Å². The zero-order valence-electron chi connectivity index (χ0n) is 17.8. The normalized spacial score (nSPS) is 22.1. The lowest BCUT2D eigenvalue weighted by Gasteiger charge is -2.08. The predicted molar refractivity (Wildman–Crippen MR) is 115 cm³/mol. The molecule has 1 N–H and O–H groups in total. The van der Waals surface area contributed by atoms with Crippen molar-refractivity contribution in [2.75, 3.05) is 19.4 Å². The van der Waals surface area contributed by atoms with Crippen molar-refractivity contribution in [2.24, 2.45) is 5.92 Å². The molecule has 1 fully saturated rings. The molecule has 1 heterocycles. The first-order chi connectivity index (χ1) is 13.5. The van der Waals surface area contributed by atoms with Gasteiger partial charge in [0.1, 0.15) is 0 Å². The highest BCUT2D eigenvalue weighted by molar-refractivity contribution is 7.53. The summed E-state index contributed by atoms with van der Waals surface area (Å²) in [6, 6.07) is 0. The monoisotopic (exact) mass is 416 g/mol. The Morgan fingerprint density at radius 2 is 1.57 bits per heavy atom. The van der Waals surface area contributed by atoms with E-state index in [9.17, 15) is 14.3 Å². The van der Waals surface area contributed by atoms with Crippen LogP contribution in [0.25, 0.3) is 0 Å². The molecule has 1 aliphatic heterocycles. The molecule has 1 aliphatic rings. The fraction of sp³-hybridized carbons (Fsp3) is 0.864. The Kier molecular flexibility index (Phi) is 14.7. The molecule has 5 nitrogen and oxygen atoms in total. The molecule has 0 amide bonds. The van der Waals surface area contributed by atoms with Gasteiger partial charge in [-0.3, -0.25) is 9.36 Å². The number of unbranched alkanes of at least 4 members (excludes halogenated alkanes) is 11. The zero-order chi connectivity index (χ0) is 20.5. The van der Waals surface area contributed by atoms with Crippen molar-refractivity contribution in [3.05, 3.63) is 12.2 Å². The topological polar surface area (TPSA) is 72.8 Å². The van der Waals surface area contributed by atoms with Gasteiger partial charge in [-0.15, -0.1) is 0 Å². The van der Waals surface area contributed by atoms with Crippen molar-refractivity contribution in [2.45, 2.75) is 96.8 Å². The Bertz CT molecular complexity index is 478. The average molecular weight is 417 g/mol. The maximum atomic E-state index is 11.7. The summed E-state index contributed by atoms with van der Waals surface area (Å²) in [6.07, 6.45) is 21.2. The summed E-state index contributed by atoms with van der Waals surface area (Å²) in [5.74, 6) is -0.355. The van der Waals surface area contributed by atoms with E-state index in [-0.39, 0.29) is 31.3 Å². The first-order valence-corrected chi connectivity index (χ1v) is 13.1. The second-order valence-corrected chi connectivity index (χ2v) is 9.90. The smallest absolute Gasteiger partial charge is 0.328 e. The second kappa shape index (κ2) is 16.2. The van der Waals surface area contributed by atoms with E-state index in [0.717, 1.165) is 25.7 Å². The van der Waals surface area contributed by atoms with Crippen molar-refractivity contribution in [3.8, 4) is 0 Å². The molecule has 2 unspecified atom stereocenters. The van der Waals surface area contributed by atoms with Crippen LogP contribution in [0.2, 0.25) is 0 Å². The van der Waals surface area contributed by atoms with Crippen LogP contribution < -0.4 is 0 Å². The molecular formula is C22H41O5P. The molecule has 0 aromatic rings. The highest BCUT2D eigenvalue weighted by Crippen LogP contribution is 2.49. The quantitative estimate of drug-likeness (QED) is 0.129. The third-order valence-corrected chi connectivity index (χ3v) is 6.65. The van der Waals surface area contributed by atoms with Gasteiger partial charge in [-0.25, -0.2) is 0 Å². The Morgan fingerprint density at radius 1 is 1.00 bits per heavy atom. The van der Waals surface area contributed by atoms with Crippen molar-refractivity contribution >= 4 is 13.6 Å². The SMILES string of the molecule is CCCCCCCC/C=C/CCCCCCCC(=O)OCC1COP(=O)(O)C1. The Hall–Kier alpha value is -0.640. The molecule has 0 bridgehead atoms. The molecule has 0 aliphatic carbocycles. The van der Waals surface area contributed by atoms with Crippen LogP contribution in [-0.4, -0.2) is 30.2 Å². The number of allylic oxidation sites excluding steroid dienone is 2. The summed E-state index contributed by atoms with van der Waals surface area (Å²) in [7, 11) is -3.41. The van der Waals surface area contributed by atoms with Crippen LogP contribution in [-0.2, 0) is 18.6 Å². The maximum Gasteiger partial charge on any atom is 0.328 e. The summed E-state index contributed by atoms with van der Waals surface area (Å²) < 4.78 is 21.3. The molecule has 28 heavy (non-hydrogen) atoms. The van der Waals surface area contributed by atoms with E-state index in [0.29, 0.717) is 6.42 Å². The van der Waals surface area contributed by atoms with Crippen LogP contribution in [0.5, 0.6) is 0 Å². The van der Waals surface area contributed by atoms with E-state index in [1.54, 1.807) is 0 Å². The van der Waals surface area contributed by atoms with Gasteiger partial charge in [0.25, 0.3) is 0 Å². The number of carbonyl (C=O) groups is 1. The van der Waals surface area contributed by atoms with E-state index < -0.39 is 7.60 Å². The number of esters is 1. The van der Waals surface area contributed by atoms with Gasteiger partial charge in [-0.05, 0) is 32.1 Å². The van der Waals surface area contributed by atoms with Crippen molar-refractivity contribution in [1.82, 2.24) is 0 Å². The Balaban J connectivity index is 1.81. The highest BCUT2D eigenvalue weighted by atomic mass is 31.2. The molecule has 0 aromatic heterocycles. The molecule has 0 saturated carbocycles. The van der Waals surface area contributed by atoms with Crippen LogP contribution >= 0.6 is 7.60 Å². The van der Waals surface area contributed by atoms with Crippen LogP contribution in [0.15, 0.2) is 12.2 Å². The highest BCUT2D eigenvalue weighted by Gasteiger charge is 2.34. The molecular weight excluding hydrogens is 375 g/mol. The molecule has 164 valence electrons. The van der Waals surface area contributed by atoms with Crippen LogP contribution in [0.3, 0.4) is 0 Å². The fourth-order valence-corrected chi connectivity index (χ4v) is 4.79. The molecule has 0 radical (unpaired) electrons. The molecule has 1 rings (SSSR count). The van der Waals surface area contributed by atoms with Gasteiger partial charge in [0.05, 0.1) is 19.4 Å². The third-order valence-electron chi connectivity index (χ3n) is 5.12. The molecule has 1 saturated heterocycles. The van der Waals surface area contributed by atoms with Gasteiger partial charge in [0, 0.05) is 12.3 Å². The van der Waals surface area contributed by atoms with E-state index in [1.165, 1.54) is 57.8 Å². The summed E-state index contributed by atoms with van der Waals surface area (Å²) in [5, 5.41) is 0. The summed E-state index contributed by atoms with van der Waals surface area (Å²) in [5.41, 5.74) is 0. The van der Waals surface area contributed by atoms with E-state index in [4.69, 9.17) is 9.26 Å². The number of hydrogen-bond donors (Lipinski definition) is 1. The van der Waals surface area contributed by atoms with Crippen LogP contribution in [0.4, 0.5) is 0 Å². The predicted octanol–water partition coefficient (Wildman–Crippen LogP) is 6.40. The Morgan fingerprint density at radius 3 is 2.14 bits per heavy atom. The minimum absolute atomic E-state index is 0.0910. The van der Waals surface area contributed by atoms with Crippen LogP contribution in [0.1, 0.15) is 96.8 Å². The van der Waals surface area contributed by atoms with Gasteiger partial charge in [0.2, 0.25) is 0 Å². The molecule has 2 atom stereocenters. The largest absolute Gasteiger partial charge is 0.465 e. The van der Waals surface area contributed by atoms with Crippen molar-refractivity contribution in [1.29, 1.82) is 0 Å². The molecule has 0 spiro atoms. The second-order valence-electron chi connectivity index (χ2n) is 8.00.